The van der Waals surface area contributed by atoms with E-state index in [-0.39, 0.29) is 17.9 Å². The van der Waals surface area contributed by atoms with Gasteiger partial charge in [0.15, 0.2) is 0 Å². The first-order valence-corrected chi connectivity index (χ1v) is 9.96. The van der Waals surface area contributed by atoms with Crippen molar-refractivity contribution in [2.45, 2.75) is 39.2 Å². The van der Waals surface area contributed by atoms with Crippen molar-refractivity contribution in [3.05, 3.63) is 53.2 Å². The van der Waals surface area contributed by atoms with Crippen molar-refractivity contribution in [2.75, 3.05) is 5.32 Å². The van der Waals surface area contributed by atoms with Gasteiger partial charge in [-0.25, -0.2) is 0 Å². The summed E-state index contributed by atoms with van der Waals surface area (Å²) >= 11 is 1.55. The normalized spacial score (nSPS) is 10.8. The predicted octanol–water partition coefficient (Wildman–Crippen LogP) is 3.90. The fourth-order valence-electron chi connectivity index (χ4n) is 2.54. The molecule has 2 heterocycles. The van der Waals surface area contributed by atoms with Gasteiger partial charge in [0.2, 0.25) is 17.6 Å². The van der Waals surface area contributed by atoms with Gasteiger partial charge >= 0.3 is 0 Å². The molecule has 0 spiro atoms. The number of benzene rings is 1. The van der Waals surface area contributed by atoms with Crippen LogP contribution in [0.4, 0.5) is 5.69 Å². The summed E-state index contributed by atoms with van der Waals surface area (Å²) in [5.74, 6) is 0.875. The molecule has 2 aromatic heterocycles. The van der Waals surface area contributed by atoms with E-state index in [0.717, 1.165) is 4.88 Å². The summed E-state index contributed by atoms with van der Waals surface area (Å²) in [4.78, 5) is 29.3. The molecule has 0 saturated heterocycles. The van der Waals surface area contributed by atoms with E-state index in [2.05, 4.69) is 20.8 Å². The number of aromatic nitrogens is 2. The Kier molecular flexibility index (Phi) is 6.54. The third-order valence-electron chi connectivity index (χ3n) is 3.85. The van der Waals surface area contributed by atoms with E-state index in [4.69, 9.17) is 4.52 Å². The van der Waals surface area contributed by atoms with Crippen LogP contribution in [-0.4, -0.2) is 28.0 Å². The highest BCUT2D eigenvalue weighted by molar-refractivity contribution is 7.13. The number of aryl methyl sites for hydroxylation is 1. The number of nitrogens with one attached hydrogen (secondary N) is 2. The number of hydrogen-bond donors (Lipinski definition) is 2. The highest BCUT2D eigenvalue weighted by atomic mass is 32.1. The third-order valence-corrected chi connectivity index (χ3v) is 4.72. The number of carbonyl (C=O) groups excluding carboxylic acids is 2. The molecule has 0 radical (unpaired) electrons. The van der Waals surface area contributed by atoms with Gasteiger partial charge in [-0.1, -0.05) is 11.2 Å². The lowest BCUT2D eigenvalue weighted by molar-refractivity contribution is -0.116. The molecule has 146 valence electrons. The molecule has 8 heteroatoms. The number of thiophene rings is 1. The van der Waals surface area contributed by atoms with Crippen molar-refractivity contribution < 1.29 is 14.1 Å². The summed E-state index contributed by atoms with van der Waals surface area (Å²) in [6.07, 6.45) is 1.49. The molecule has 1 aromatic carbocycles. The molecule has 28 heavy (non-hydrogen) atoms. The van der Waals surface area contributed by atoms with Gasteiger partial charge in [0.25, 0.3) is 5.91 Å². The summed E-state index contributed by atoms with van der Waals surface area (Å²) in [5.41, 5.74) is 1.22. The monoisotopic (exact) mass is 398 g/mol. The van der Waals surface area contributed by atoms with Crippen LogP contribution in [-0.2, 0) is 11.2 Å². The Bertz CT molecular complexity index is 917. The minimum absolute atomic E-state index is 0.0760. The van der Waals surface area contributed by atoms with E-state index in [0.29, 0.717) is 42.2 Å². The SMILES string of the molecule is CC(C)NC(=O)c1ccc(NC(=O)CCCc2nc(-c3cccs3)no2)cc1. The van der Waals surface area contributed by atoms with E-state index in [9.17, 15) is 9.59 Å². The van der Waals surface area contributed by atoms with Crippen molar-refractivity contribution in [2.24, 2.45) is 0 Å². The second-order valence-electron chi connectivity index (χ2n) is 6.60. The van der Waals surface area contributed by atoms with Gasteiger partial charge in [0, 0.05) is 30.1 Å². The van der Waals surface area contributed by atoms with Crippen molar-refractivity contribution in [1.29, 1.82) is 0 Å². The topological polar surface area (TPSA) is 97.1 Å². The van der Waals surface area contributed by atoms with Gasteiger partial charge < -0.3 is 15.2 Å². The molecule has 3 aromatic rings. The Labute approximate surface area is 167 Å². The standard InChI is InChI=1S/C20H22N4O3S/c1-13(2)21-20(26)14-8-10-15(11-9-14)22-17(25)6-3-7-18-23-19(24-27-18)16-5-4-12-28-16/h4-5,8-13H,3,6-7H2,1-2H3,(H,21,26)(H,22,25). The minimum atomic E-state index is -0.130. The molecule has 2 amide bonds. The van der Waals surface area contributed by atoms with Crippen LogP contribution in [0.5, 0.6) is 0 Å². The predicted molar refractivity (Wildman–Crippen MR) is 108 cm³/mol. The summed E-state index contributed by atoms with van der Waals surface area (Å²) in [6, 6.07) is 10.8. The zero-order valence-electron chi connectivity index (χ0n) is 15.8. The van der Waals surface area contributed by atoms with Gasteiger partial charge in [-0.15, -0.1) is 11.3 Å². The highest BCUT2D eigenvalue weighted by Crippen LogP contribution is 2.21. The molecule has 0 saturated carbocycles. The molecule has 3 rings (SSSR count). The van der Waals surface area contributed by atoms with Gasteiger partial charge in [-0.05, 0) is 56.0 Å². The summed E-state index contributed by atoms with van der Waals surface area (Å²) in [7, 11) is 0. The molecule has 0 aliphatic rings. The van der Waals surface area contributed by atoms with Gasteiger partial charge in [-0.2, -0.15) is 4.98 Å². The van der Waals surface area contributed by atoms with Crippen LogP contribution >= 0.6 is 11.3 Å². The summed E-state index contributed by atoms with van der Waals surface area (Å²) < 4.78 is 5.23. The van der Waals surface area contributed by atoms with Gasteiger partial charge in [0.05, 0.1) is 4.88 Å². The lowest BCUT2D eigenvalue weighted by Gasteiger charge is -2.09. The largest absolute Gasteiger partial charge is 0.350 e. The first-order valence-electron chi connectivity index (χ1n) is 9.08. The van der Waals surface area contributed by atoms with E-state index in [1.807, 2.05) is 31.4 Å². The Balaban J connectivity index is 1.44. The van der Waals surface area contributed by atoms with Crippen LogP contribution in [0.2, 0.25) is 0 Å². The molecule has 7 nitrogen and oxygen atoms in total. The molecule has 2 N–H and O–H groups in total. The van der Waals surface area contributed by atoms with Gasteiger partial charge in [-0.3, -0.25) is 9.59 Å². The second-order valence-corrected chi connectivity index (χ2v) is 7.54. The Morgan fingerprint density at radius 2 is 1.96 bits per heavy atom. The smallest absolute Gasteiger partial charge is 0.251 e. The van der Waals surface area contributed by atoms with E-state index < -0.39 is 0 Å². The molecule has 0 fully saturated rings. The van der Waals surface area contributed by atoms with Crippen LogP contribution in [0.25, 0.3) is 10.7 Å². The summed E-state index contributed by atoms with van der Waals surface area (Å²) in [6.45, 7) is 3.81. The maximum Gasteiger partial charge on any atom is 0.251 e. The van der Waals surface area contributed by atoms with E-state index in [1.54, 1.807) is 35.6 Å². The van der Waals surface area contributed by atoms with Crippen LogP contribution in [0.15, 0.2) is 46.3 Å². The number of amides is 2. The van der Waals surface area contributed by atoms with E-state index in [1.165, 1.54) is 0 Å². The Morgan fingerprint density at radius 1 is 1.18 bits per heavy atom. The van der Waals surface area contributed by atoms with Crippen LogP contribution in [0, 0.1) is 0 Å². The summed E-state index contributed by atoms with van der Waals surface area (Å²) in [5, 5.41) is 11.6. The first kappa shape index (κ1) is 19.8. The average molecular weight is 398 g/mol. The number of rotatable bonds is 8. The maximum atomic E-state index is 12.1. The molecular weight excluding hydrogens is 376 g/mol. The second kappa shape index (κ2) is 9.27. The Hall–Kier alpha value is -3.00. The minimum Gasteiger partial charge on any atom is -0.350 e. The number of carbonyl (C=O) groups is 2. The van der Waals surface area contributed by atoms with Crippen LogP contribution in [0.3, 0.4) is 0 Å². The maximum absolute atomic E-state index is 12.1. The van der Waals surface area contributed by atoms with Crippen molar-refractivity contribution in [3.8, 4) is 10.7 Å². The van der Waals surface area contributed by atoms with Crippen LogP contribution < -0.4 is 10.6 Å². The fourth-order valence-corrected chi connectivity index (χ4v) is 3.19. The highest BCUT2D eigenvalue weighted by Gasteiger charge is 2.11. The van der Waals surface area contributed by atoms with Crippen molar-refractivity contribution in [1.82, 2.24) is 15.5 Å². The van der Waals surface area contributed by atoms with Gasteiger partial charge in [0.1, 0.15) is 0 Å². The fraction of sp³-hybridized carbons (Fsp3) is 0.300. The van der Waals surface area contributed by atoms with Crippen LogP contribution in [0.1, 0.15) is 42.9 Å². The number of anilines is 1. The Morgan fingerprint density at radius 3 is 2.64 bits per heavy atom. The zero-order chi connectivity index (χ0) is 19.9. The van der Waals surface area contributed by atoms with Crippen molar-refractivity contribution in [3.63, 3.8) is 0 Å². The molecule has 0 aliphatic heterocycles. The average Bonchev–Trinajstić information content (AvgIpc) is 3.33. The lowest BCUT2D eigenvalue weighted by Crippen LogP contribution is -2.30. The molecular formula is C20H22N4O3S. The zero-order valence-corrected chi connectivity index (χ0v) is 16.6. The number of hydrogen-bond acceptors (Lipinski definition) is 6. The van der Waals surface area contributed by atoms with E-state index >= 15 is 0 Å². The lowest BCUT2D eigenvalue weighted by atomic mass is 10.1. The third kappa shape index (κ3) is 5.50. The molecule has 0 aliphatic carbocycles. The molecule has 0 bridgehead atoms. The number of nitrogens with zero attached hydrogens (tertiary/aromatic N) is 2. The molecule has 0 unspecified atom stereocenters. The molecule has 0 atom stereocenters. The quantitative estimate of drug-likeness (QED) is 0.600. The van der Waals surface area contributed by atoms with Crippen molar-refractivity contribution >= 4 is 28.8 Å². The first-order chi connectivity index (χ1) is 13.5.